The van der Waals surface area contributed by atoms with E-state index in [-0.39, 0.29) is 11.0 Å². The minimum absolute atomic E-state index is 0.0960. The lowest BCUT2D eigenvalue weighted by Gasteiger charge is -2.28. The van der Waals surface area contributed by atoms with Crippen LogP contribution in [-0.4, -0.2) is 37.6 Å². The number of Topliss-reactive ketones (excluding diaryl/α,β-unsaturated/α-hetero) is 1. The third-order valence-corrected chi connectivity index (χ3v) is 5.92. The standard InChI is InChI=1S/C11H16N2OS2/c1-3-9-11(16-7-6-15-9)10(14)8-4-5-13(2)12-8/h4-5,9,11H,3,6-7H2,1-2H3. The fourth-order valence-electron chi connectivity index (χ4n) is 1.84. The quantitative estimate of drug-likeness (QED) is 0.777. The third kappa shape index (κ3) is 2.46. The second kappa shape index (κ2) is 5.27. The molecule has 16 heavy (non-hydrogen) atoms. The van der Waals surface area contributed by atoms with Gasteiger partial charge in [0.05, 0.1) is 5.25 Å². The van der Waals surface area contributed by atoms with Gasteiger partial charge in [0.2, 0.25) is 0 Å². The van der Waals surface area contributed by atoms with Crippen molar-refractivity contribution in [2.45, 2.75) is 23.8 Å². The summed E-state index contributed by atoms with van der Waals surface area (Å²) in [6.07, 6.45) is 2.88. The summed E-state index contributed by atoms with van der Waals surface area (Å²) in [5, 5.41) is 4.75. The minimum atomic E-state index is 0.0960. The molecule has 1 aromatic heterocycles. The molecule has 1 saturated heterocycles. The zero-order valence-corrected chi connectivity index (χ0v) is 11.2. The highest BCUT2D eigenvalue weighted by atomic mass is 32.2. The number of hydrogen-bond acceptors (Lipinski definition) is 4. The summed E-state index contributed by atoms with van der Waals surface area (Å²) in [6.45, 7) is 2.16. The Morgan fingerprint density at radius 3 is 2.94 bits per heavy atom. The fraction of sp³-hybridized carbons (Fsp3) is 0.636. The molecule has 0 spiro atoms. The molecular formula is C11H16N2OS2. The van der Waals surface area contributed by atoms with Crippen LogP contribution in [0.15, 0.2) is 12.3 Å². The predicted octanol–water partition coefficient (Wildman–Crippen LogP) is 2.23. The molecule has 1 aliphatic rings. The summed E-state index contributed by atoms with van der Waals surface area (Å²) in [6, 6.07) is 1.81. The maximum absolute atomic E-state index is 12.3. The van der Waals surface area contributed by atoms with Gasteiger partial charge in [-0.1, -0.05) is 6.92 Å². The molecule has 88 valence electrons. The summed E-state index contributed by atoms with van der Waals surface area (Å²) < 4.78 is 1.69. The van der Waals surface area contributed by atoms with E-state index in [0.717, 1.165) is 17.9 Å². The van der Waals surface area contributed by atoms with E-state index in [1.807, 2.05) is 31.1 Å². The van der Waals surface area contributed by atoms with Crippen molar-refractivity contribution >= 4 is 29.3 Å². The van der Waals surface area contributed by atoms with Crippen molar-refractivity contribution in [2.24, 2.45) is 7.05 Å². The van der Waals surface area contributed by atoms with Gasteiger partial charge >= 0.3 is 0 Å². The lowest BCUT2D eigenvalue weighted by Crippen LogP contribution is -2.33. The first-order valence-corrected chi connectivity index (χ1v) is 7.59. The number of aryl methyl sites for hydroxylation is 1. The molecular weight excluding hydrogens is 240 g/mol. The van der Waals surface area contributed by atoms with E-state index in [9.17, 15) is 4.79 Å². The average molecular weight is 256 g/mol. The normalized spacial score (nSPS) is 25.6. The Hall–Kier alpha value is -0.420. The van der Waals surface area contributed by atoms with Gasteiger partial charge in [0.25, 0.3) is 0 Å². The summed E-state index contributed by atoms with van der Waals surface area (Å²) in [4.78, 5) is 12.3. The maximum atomic E-state index is 12.3. The smallest absolute Gasteiger partial charge is 0.197 e. The summed E-state index contributed by atoms with van der Waals surface area (Å²) in [5.41, 5.74) is 0.612. The van der Waals surface area contributed by atoms with Crippen LogP contribution in [0.25, 0.3) is 0 Å². The first-order valence-electron chi connectivity index (χ1n) is 5.49. The van der Waals surface area contributed by atoms with Crippen LogP contribution in [0.2, 0.25) is 0 Å². The van der Waals surface area contributed by atoms with E-state index in [2.05, 4.69) is 12.0 Å². The molecule has 0 radical (unpaired) electrons. The Kier molecular flexibility index (Phi) is 3.97. The van der Waals surface area contributed by atoms with Crippen molar-refractivity contribution in [1.82, 2.24) is 9.78 Å². The predicted molar refractivity (Wildman–Crippen MR) is 70.3 cm³/mol. The Morgan fingerprint density at radius 1 is 1.56 bits per heavy atom. The van der Waals surface area contributed by atoms with E-state index in [1.165, 1.54) is 0 Å². The van der Waals surface area contributed by atoms with Crippen LogP contribution in [0.3, 0.4) is 0 Å². The summed E-state index contributed by atoms with van der Waals surface area (Å²) in [5.74, 6) is 2.43. The molecule has 2 unspecified atom stereocenters. The number of rotatable bonds is 3. The molecule has 2 heterocycles. The molecule has 0 N–H and O–H groups in total. The lowest BCUT2D eigenvalue weighted by molar-refractivity contribution is 0.0982. The van der Waals surface area contributed by atoms with E-state index in [1.54, 1.807) is 16.4 Å². The Balaban J connectivity index is 2.13. The summed E-state index contributed by atoms with van der Waals surface area (Å²) in [7, 11) is 1.84. The van der Waals surface area contributed by atoms with Crippen molar-refractivity contribution in [1.29, 1.82) is 0 Å². The molecule has 0 aromatic carbocycles. The number of ketones is 1. The molecule has 1 aromatic rings. The number of thioether (sulfide) groups is 2. The average Bonchev–Trinajstić information content (AvgIpc) is 2.75. The van der Waals surface area contributed by atoms with Crippen LogP contribution >= 0.6 is 23.5 Å². The van der Waals surface area contributed by atoms with Gasteiger partial charge in [-0.2, -0.15) is 16.9 Å². The number of aromatic nitrogens is 2. The van der Waals surface area contributed by atoms with Crippen molar-refractivity contribution in [3.05, 3.63) is 18.0 Å². The van der Waals surface area contributed by atoms with Crippen LogP contribution in [-0.2, 0) is 7.05 Å². The van der Waals surface area contributed by atoms with E-state index >= 15 is 0 Å². The number of carbonyl (C=O) groups is 1. The van der Waals surface area contributed by atoms with Crippen molar-refractivity contribution < 1.29 is 4.79 Å². The molecule has 0 aliphatic carbocycles. The number of nitrogens with zero attached hydrogens (tertiary/aromatic N) is 2. The van der Waals surface area contributed by atoms with Gasteiger partial charge in [-0.3, -0.25) is 9.48 Å². The molecule has 0 bridgehead atoms. The Morgan fingerprint density at radius 2 is 2.31 bits per heavy atom. The highest BCUT2D eigenvalue weighted by Crippen LogP contribution is 2.34. The van der Waals surface area contributed by atoms with Gasteiger partial charge in [-0.25, -0.2) is 0 Å². The van der Waals surface area contributed by atoms with E-state index in [0.29, 0.717) is 10.9 Å². The number of carbonyl (C=O) groups excluding carboxylic acids is 1. The molecule has 2 atom stereocenters. The van der Waals surface area contributed by atoms with Crippen molar-refractivity contribution in [3.8, 4) is 0 Å². The Bertz CT molecular complexity index is 378. The van der Waals surface area contributed by atoms with Gasteiger partial charge in [0, 0.05) is 30.0 Å². The molecule has 0 amide bonds. The van der Waals surface area contributed by atoms with Gasteiger partial charge < -0.3 is 0 Å². The maximum Gasteiger partial charge on any atom is 0.197 e. The lowest BCUT2D eigenvalue weighted by atomic mass is 10.1. The molecule has 0 saturated carbocycles. The highest BCUT2D eigenvalue weighted by Gasteiger charge is 2.32. The largest absolute Gasteiger partial charge is 0.291 e. The van der Waals surface area contributed by atoms with Gasteiger partial charge in [-0.15, -0.1) is 11.8 Å². The first kappa shape index (κ1) is 12.0. The van der Waals surface area contributed by atoms with Crippen LogP contribution in [0.4, 0.5) is 0 Å². The van der Waals surface area contributed by atoms with Gasteiger partial charge in [0.15, 0.2) is 5.78 Å². The van der Waals surface area contributed by atoms with Crippen LogP contribution in [0.1, 0.15) is 23.8 Å². The molecule has 1 fully saturated rings. The summed E-state index contributed by atoms with van der Waals surface area (Å²) >= 11 is 3.71. The minimum Gasteiger partial charge on any atom is -0.291 e. The molecule has 1 aliphatic heterocycles. The second-order valence-electron chi connectivity index (χ2n) is 3.85. The second-order valence-corrected chi connectivity index (χ2v) is 6.44. The van der Waals surface area contributed by atoms with Crippen LogP contribution in [0, 0.1) is 0 Å². The van der Waals surface area contributed by atoms with Crippen LogP contribution < -0.4 is 0 Å². The Labute approximate surface area is 104 Å². The van der Waals surface area contributed by atoms with E-state index in [4.69, 9.17) is 0 Å². The first-order chi connectivity index (χ1) is 7.72. The molecule has 2 rings (SSSR count). The highest BCUT2D eigenvalue weighted by molar-refractivity contribution is 8.07. The number of hydrogen-bond donors (Lipinski definition) is 0. The van der Waals surface area contributed by atoms with E-state index < -0.39 is 0 Å². The zero-order chi connectivity index (χ0) is 11.5. The zero-order valence-electron chi connectivity index (χ0n) is 9.55. The van der Waals surface area contributed by atoms with Crippen molar-refractivity contribution in [2.75, 3.05) is 11.5 Å². The monoisotopic (exact) mass is 256 g/mol. The van der Waals surface area contributed by atoms with Gasteiger partial charge in [0.1, 0.15) is 5.69 Å². The fourth-order valence-corrected chi connectivity index (χ4v) is 4.85. The molecule has 3 nitrogen and oxygen atoms in total. The van der Waals surface area contributed by atoms with Crippen LogP contribution in [0.5, 0.6) is 0 Å². The third-order valence-electron chi connectivity index (χ3n) is 2.68. The van der Waals surface area contributed by atoms with Gasteiger partial charge in [-0.05, 0) is 12.5 Å². The SMILES string of the molecule is CCC1SCCSC1C(=O)c1ccn(C)n1. The topological polar surface area (TPSA) is 34.9 Å². The van der Waals surface area contributed by atoms with Crippen molar-refractivity contribution in [3.63, 3.8) is 0 Å². The molecule has 5 heteroatoms.